The molecule has 1 aliphatic rings. The molecule has 4 amide bonds. The Morgan fingerprint density at radius 2 is 2.03 bits per heavy atom. The molecular weight excluding hydrogens is 483 g/mol. The Kier molecular flexibility index (Phi) is 9.12. The van der Waals surface area contributed by atoms with Crippen LogP contribution in [0.2, 0.25) is 0 Å². The van der Waals surface area contributed by atoms with Gasteiger partial charge in [-0.15, -0.1) is 11.3 Å². The van der Waals surface area contributed by atoms with Gasteiger partial charge in [-0.05, 0) is 13.8 Å². The number of rotatable bonds is 7. The van der Waals surface area contributed by atoms with Crippen molar-refractivity contribution < 1.29 is 88.9 Å². The average Bonchev–Trinajstić information content (AvgIpc) is 3.02. The molecule has 1 atom stereocenters. The number of carbonyl (C=O) groups is 4. The molecule has 0 radical (unpaired) electrons. The molecule has 0 spiro atoms. The van der Waals surface area contributed by atoms with Crippen molar-refractivity contribution in [1.82, 2.24) is 19.9 Å². The van der Waals surface area contributed by atoms with Crippen LogP contribution in [0.3, 0.4) is 0 Å². The molecule has 1 saturated heterocycles. The Hall–Kier alpha value is -1.63. The van der Waals surface area contributed by atoms with Crippen LogP contribution in [0, 0.1) is 0 Å². The monoisotopic (exact) mass is 500 g/mol. The Morgan fingerprint density at radius 3 is 2.48 bits per heavy atom. The van der Waals surface area contributed by atoms with Gasteiger partial charge in [0.1, 0.15) is 11.7 Å². The number of nitrogens with two attached hydrogens (primary N) is 1. The number of imide groups is 1. The molecule has 17 heteroatoms. The number of carbonyl (C=O) groups excluding carboxylic acids is 4. The van der Waals surface area contributed by atoms with Crippen molar-refractivity contribution in [2.75, 3.05) is 18.5 Å². The molecule has 164 valence electrons. The number of amides is 4. The third kappa shape index (κ3) is 7.19. The Bertz CT molecular complexity index is 1040. The molecule has 0 unspecified atom stereocenters. The van der Waals surface area contributed by atoms with E-state index >= 15 is 0 Å². The molecule has 31 heavy (non-hydrogen) atoms. The first kappa shape index (κ1) is 27.4. The third-order valence-electron chi connectivity index (χ3n) is 3.59. The largest absolute Gasteiger partial charge is 1.00 e. The number of aromatic nitrogens is 1. The van der Waals surface area contributed by atoms with Crippen molar-refractivity contribution >= 4 is 56.0 Å². The van der Waals surface area contributed by atoms with Crippen molar-refractivity contribution in [1.29, 1.82) is 0 Å². The van der Waals surface area contributed by atoms with Crippen molar-refractivity contribution in [3.8, 4) is 0 Å². The normalized spacial score (nSPS) is 16.6. The first-order valence-corrected chi connectivity index (χ1v) is 10.8. The maximum atomic E-state index is 12.6. The van der Waals surface area contributed by atoms with Gasteiger partial charge in [-0.1, -0.05) is 5.16 Å². The minimum Gasteiger partial charge on any atom is -0.546 e. The summed E-state index contributed by atoms with van der Waals surface area (Å²) in [6.45, 7) is 1.98. The van der Waals surface area contributed by atoms with Gasteiger partial charge in [0.25, 0.3) is 11.8 Å². The average molecular weight is 501 g/mol. The molecule has 14 nitrogen and oxygen atoms in total. The van der Waals surface area contributed by atoms with Gasteiger partial charge in [0.15, 0.2) is 16.4 Å². The number of carboxylic acid groups (broad SMARTS) is 1. The molecule has 0 bridgehead atoms. The second-order valence-electron chi connectivity index (χ2n) is 6.55. The summed E-state index contributed by atoms with van der Waals surface area (Å²) < 4.78 is 23.8. The number of β-lactam (4-membered cyclic amide) rings is 1. The molecule has 1 fully saturated rings. The van der Waals surface area contributed by atoms with E-state index in [1.54, 1.807) is 4.72 Å². The summed E-state index contributed by atoms with van der Waals surface area (Å²) in [4.78, 5) is 56.7. The molecule has 2 rings (SSSR count). The van der Waals surface area contributed by atoms with Crippen LogP contribution in [-0.4, -0.2) is 72.3 Å². The van der Waals surface area contributed by atoms with Crippen LogP contribution < -0.4 is 72.3 Å². The number of oxime groups is 1. The molecule has 0 aliphatic carbocycles. The Morgan fingerprint density at radius 1 is 1.42 bits per heavy atom. The predicted octanol–water partition coefficient (Wildman–Crippen LogP) is -6.03. The van der Waals surface area contributed by atoms with Crippen LogP contribution in [0.5, 0.6) is 0 Å². The molecule has 1 aromatic rings. The van der Waals surface area contributed by atoms with Gasteiger partial charge in [-0.25, -0.2) is 22.9 Å². The van der Waals surface area contributed by atoms with Crippen molar-refractivity contribution in [2.45, 2.75) is 25.5 Å². The summed E-state index contributed by atoms with van der Waals surface area (Å²) in [5.41, 5.74) is 3.15. The summed E-state index contributed by atoms with van der Waals surface area (Å²) in [5.74, 6) is -3.42. The zero-order valence-corrected chi connectivity index (χ0v) is 21.6. The molecular formula is C14H17KN6O8S2. The molecule has 0 saturated carbocycles. The maximum absolute atomic E-state index is 12.6. The van der Waals surface area contributed by atoms with E-state index in [0.717, 1.165) is 31.4 Å². The SMILES string of the molecule is CC(C)(O/N=C(/C(=O)N[C@H]1CN(C(=O)NS(C)(=O)=O)C1=O)c1csc(N)n1)C(=O)[O-].[K+]. The number of nitrogens with zero attached hydrogens (tertiary/aromatic N) is 3. The number of nitrogens with one attached hydrogen (secondary N) is 2. The first-order valence-electron chi connectivity index (χ1n) is 8.04. The Labute approximate surface area is 223 Å². The topological polar surface area (TPSA) is 213 Å². The van der Waals surface area contributed by atoms with Crippen LogP contribution >= 0.6 is 11.3 Å². The molecule has 2 heterocycles. The van der Waals surface area contributed by atoms with E-state index < -0.39 is 51.2 Å². The van der Waals surface area contributed by atoms with Crippen molar-refractivity contribution in [3.05, 3.63) is 11.1 Å². The fourth-order valence-electron chi connectivity index (χ4n) is 1.95. The minimum absolute atomic E-state index is 0. The molecule has 1 aromatic heterocycles. The van der Waals surface area contributed by atoms with Crippen LogP contribution in [0.15, 0.2) is 10.5 Å². The van der Waals surface area contributed by atoms with Crippen LogP contribution in [0.4, 0.5) is 9.93 Å². The molecule has 1 aliphatic heterocycles. The summed E-state index contributed by atoms with van der Waals surface area (Å²) in [5, 5.41) is 18.3. The van der Waals surface area contributed by atoms with Gasteiger partial charge in [0, 0.05) is 5.38 Å². The fourth-order valence-corrected chi connectivity index (χ4v) is 2.93. The van der Waals surface area contributed by atoms with Gasteiger partial charge >= 0.3 is 57.4 Å². The van der Waals surface area contributed by atoms with E-state index in [1.807, 2.05) is 0 Å². The number of nitrogen functional groups attached to an aromatic ring is 1. The Balaban J connectivity index is 0.00000480. The minimum atomic E-state index is -3.87. The molecule has 4 N–H and O–H groups in total. The van der Waals surface area contributed by atoms with E-state index in [0.29, 0.717) is 4.90 Å². The fraction of sp³-hybridized carbons (Fsp3) is 0.429. The van der Waals surface area contributed by atoms with Crippen LogP contribution in [0.1, 0.15) is 19.5 Å². The maximum Gasteiger partial charge on any atom is 1.00 e. The number of carboxylic acids is 1. The quantitative estimate of drug-likeness (QED) is 0.139. The zero-order chi connectivity index (χ0) is 22.9. The number of likely N-dealkylation sites (tertiary alicyclic amines) is 1. The summed E-state index contributed by atoms with van der Waals surface area (Å²) in [7, 11) is -3.87. The van der Waals surface area contributed by atoms with E-state index in [-0.39, 0.29) is 68.8 Å². The standard InChI is InChI=1S/C14H18N6O8S2.K/c1-14(2,11(23)24)28-18-8(7-5-29-12(15)17-7)9(21)16-6-4-20(10(6)22)13(25)19-30(3,26)27;/h5-6H,4H2,1-3H3,(H2,15,17)(H,16,21)(H,19,25)(H,23,24);/q;+1/p-1/b18-8+;/t6-;/m0./s1. The number of hydrogen-bond acceptors (Lipinski definition) is 12. The van der Waals surface area contributed by atoms with Crippen LogP contribution in [0.25, 0.3) is 0 Å². The van der Waals surface area contributed by atoms with E-state index in [9.17, 15) is 32.7 Å². The van der Waals surface area contributed by atoms with Gasteiger partial charge in [0.2, 0.25) is 10.0 Å². The number of anilines is 1. The van der Waals surface area contributed by atoms with E-state index in [1.165, 1.54) is 5.38 Å². The number of thiazole rings is 1. The van der Waals surface area contributed by atoms with E-state index in [2.05, 4.69) is 15.5 Å². The van der Waals surface area contributed by atoms with E-state index in [4.69, 9.17) is 10.6 Å². The number of sulfonamides is 1. The summed E-state index contributed by atoms with van der Waals surface area (Å²) in [6.07, 6.45) is 0.741. The summed E-state index contributed by atoms with van der Waals surface area (Å²) >= 11 is 0.975. The van der Waals surface area contributed by atoms with Gasteiger partial charge in [0.05, 0.1) is 18.8 Å². The molecule has 0 aromatic carbocycles. The predicted molar refractivity (Wildman–Crippen MR) is 100 cm³/mol. The zero-order valence-electron chi connectivity index (χ0n) is 16.9. The smallest absolute Gasteiger partial charge is 0.546 e. The second kappa shape index (κ2) is 10.3. The van der Waals surface area contributed by atoms with Crippen LogP contribution in [-0.2, 0) is 29.2 Å². The first-order chi connectivity index (χ1) is 13.7. The van der Waals surface area contributed by atoms with Gasteiger partial charge < -0.3 is 25.8 Å². The van der Waals surface area contributed by atoms with Crippen molar-refractivity contribution in [3.63, 3.8) is 0 Å². The second-order valence-corrected chi connectivity index (χ2v) is 9.19. The van der Waals surface area contributed by atoms with Gasteiger partial charge in [-0.3, -0.25) is 14.5 Å². The summed E-state index contributed by atoms with van der Waals surface area (Å²) in [6, 6.07) is -2.31. The number of hydrogen-bond donors (Lipinski definition) is 3. The number of urea groups is 1. The third-order valence-corrected chi connectivity index (χ3v) is 4.81. The van der Waals surface area contributed by atoms with Crippen molar-refractivity contribution in [2.24, 2.45) is 5.16 Å². The number of aliphatic carboxylic acids is 1. The van der Waals surface area contributed by atoms with Gasteiger partial charge in [-0.2, -0.15) is 0 Å².